The molecule has 57 heavy (non-hydrogen) atoms. The highest BCUT2D eigenvalue weighted by atomic mass is 14.9. The maximum absolute atomic E-state index is 5.25. The Labute approximate surface area is 331 Å². The van der Waals surface area contributed by atoms with E-state index in [9.17, 15) is 0 Å². The van der Waals surface area contributed by atoms with Crippen LogP contribution in [0.1, 0.15) is 22.3 Å². The monoisotopic (exact) mass is 725 g/mol. The Balaban J connectivity index is 1.11. The van der Waals surface area contributed by atoms with Gasteiger partial charge in [-0.3, -0.25) is 4.98 Å². The van der Waals surface area contributed by atoms with Crippen LogP contribution >= 0.6 is 0 Å². The van der Waals surface area contributed by atoms with Crippen molar-refractivity contribution >= 4 is 21.5 Å². The van der Waals surface area contributed by atoms with Crippen molar-refractivity contribution in [3.63, 3.8) is 0 Å². The Bertz CT molecular complexity index is 3080. The largest absolute Gasteiger partial charge is 0.264 e. The summed E-state index contributed by atoms with van der Waals surface area (Å²) < 4.78 is 0. The second-order valence-corrected chi connectivity index (χ2v) is 14.8. The van der Waals surface area contributed by atoms with E-state index in [1.54, 1.807) is 0 Å². The van der Waals surface area contributed by atoms with Crippen molar-refractivity contribution < 1.29 is 0 Å². The molecule has 0 amide bonds. The zero-order valence-electron chi connectivity index (χ0n) is 31.0. The molecule has 1 aliphatic rings. The number of pyridine rings is 1. The molecule has 0 radical (unpaired) electrons. The second-order valence-electron chi connectivity index (χ2n) is 14.8. The summed E-state index contributed by atoms with van der Waals surface area (Å²) in [4.78, 5) is 14.8. The first kappa shape index (κ1) is 32.9. The SMILES string of the molecule is c1ccc(-c2nc(-c3ccc4ccncc4c3)cc(-c3ccc(-c4ccc5c(c4)C(c4ccccc4)(c4ccccc4)c4ccccc4-5)c4ccccc34)n2)cc1. The summed E-state index contributed by atoms with van der Waals surface area (Å²) in [6, 6.07) is 72.1. The van der Waals surface area contributed by atoms with E-state index in [4.69, 9.17) is 9.97 Å². The Morgan fingerprint density at radius 3 is 1.72 bits per heavy atom. The maximum atomic E-state index is 5.25. The average molecular weight is 726 g/mol. The first-order valence-corrected chi connectivity index (χ1v) is 19.4. The van der Waals surface area contributed by atoms with Crippen molar-refractivity contribution in [2.75, 3.05) is 0 Å². The van der Waals surface area contributed by atoms with E-state index < -0.39 is 5.41 Å². The third-order valence-corrected chi connectivity index (χ3v) is 11.7. The molecule has 0 fully saturated rings. The van der Waals surface area contributed by atoms with Crippen LogP contribution in [-0.2, 0) is 5.41 Å². The van der Waals surface area contributed by atoms with Crippen molar-refractivity contribution in [1.29, 1.82) is 0 Å². The first-order valence-electron chi connectivity index (χ1n) is 19.4. The molecular weight excluding hydrogens is 691 g/mol. The summed E-state index contributed by atoms with van der Waals surface area (Å²) in [7, 11) is 0. The van der Waals surface area contributed by atoms with Gasteiger partial charge < -0.3 is 0 Å². The van der Waals surface area contributed by atoms with Crippen LogP contribution in [0.3, 0.4) is 0 Å². The van der Waals surface area contributed by atoms with E-state index in [0.29, 0.717) is 5.82 Å². The molecule has 2 heterocycles. The molecule has 10 aromatic rings. The van der Waals surface area contributed by atoms with Crippen LogP contribution in [0.5, 0.6) is 0 Å². The smallest absolute Gasteiger partial charge is 0.160 e. The van der Waals surface area contributed by atoms with Gasteiger partial charge in [-0.2, -0.15) is 0 Å². The van der Waals surface area contributed by atoms with Crippen molar-refractivity contribution in [3.05, 3.63) is 235 Å². The quantitative estimate of drug-likeness (QED) is 0.171. The standard InChI is InChI=1S/C54H35N3/c1-4-14-37(15-5-1)53-56-51(39-25-24-36-30-31-55-35-40(36)32-39)34-52(57-53)48-29-28-43(44-20-10-11-21-45(44)48)38-26-27-47-46-22-12-13-23-49(46)54(50(47)33-38,41-16-6-2-7-17-41)42-18-8-3-9-19-42/h1-35H. The van der Waals surface area contributed by atoms with Crippen LogP contribution in [0, 0.1) is 0 Å². The summed E-state index contributed by atoms with van der Waals surface area (Å²) in [5.41, 5.74) is 14.4. The van der Waals surface area contributed by atoms with Gasteiger partial charge in [-0.15, -0.1) is 0 Å². The van der Waals surface area contributed by atoms with Gasteiger partial charge in [0.25, 0.3) is 0 Å². The summed E-state index contributed by atoms with van der Waals surface area (Å²) >= 11 is 0. The number of fused-ring (bicyclic) bond motifs is 5. The van der Waals surface area contributed by atoms with Crippen molar-refractivity contribution in [3.8, 4) is 56.2 Å². The molecule has 3 heteroatoms. The van der Waals surface area contributed by atoms with E-state index in [-0.39, 0.29) is 0 Å². The van der Waals surface area contributed by atoms with Crippen LogP contribution < -0.4 is 0 Å². The third-order valence-electron chi connectivity index (χ3n) is 11.7. The minimum atomic E-state index is -0.468. The highest BCUT2D eigenvalue weighted by Gasteiger charge is 2.46. The number of benzene rings is 8. The lowest BCUT2D eigenvalue weighted by Crippen LogP contribution is -2.28. The molecule has 0 aliphatic heterocycles. The third kappa shape index (κ3) is 5.32. The highest BCUT2D eigenvalue weighted by Crippen LogP contribution is 2.57. The van der Waals surface area contributed by atoms with Crippen molar-refractivity contribution in [2.45, 2.75) is 5.41 Å². The molecule has 1 aliphatic carbocycles. The molecular formula is C54H35N3. The maximum Gasteiger partial charge on any atom is 0.160 e. The lowest BCUT2D eigenvalue weighted by atomic mass is 9.67. The molecule has 2 aromatic heterocycles. The summed E-state index contributed by atoms with van der Waals surface area (Å²) in [5.74, 6) is 0.693. The minimum absolute atomic E-state index is 0.468. The number of hydrogen-bond donors (Lipinski definition) is 0. The van der Waals surface area contributed by atoms with Gasteiger partial charge in [-0.25, -0.2) is 9.97 Å². The fourth-order valence-corrected chi connectivity index (χ4v) is 9.08. The Morgan fingerprint density at radius 2 is 0.947 bits per heavy atom. The van der Waals surface area contributed by atoms with Crippen LogP contribution in [0.15, 0.2) is 213 Å². The molecule has 0 unspecified atom stereocenters. The highest BCUT2D eigenvalue weighted by molar-refractivity contribution is 6.05. The van der Waals surface area contributed by atoms with Gasteiger partial charge in [0.05, 0.1) is 16.8 Å². The summed E-state index contributed by atoms with van der Waals surface area (Å²) in [6.45, 7) is 0. The lowest BCUT2D eigenvalue weighted by Gasteiger charge is -2.34. The molecule has 0 N–H and O–H groups in total. The molecule has 3 nitrogen and oxygen atoms in total. The normalized spacial score (nSPS) is 12.7. The lowest BCUT2D eigenvalue weighted by molar-refractivity contribution is 0.769. The summed E-state index contributed by atoms with van der Waals surface area (Å²) in [6.07, 6.45) is 3.74. The average Bonchev–Trinajstić information content (AvgIpc) is 3.59. The Hall–Kier alpha value is -7.49. The first-order chi connectivity index (χ1) is 28.3. The molecule has 0 atom stereocenters. The van der Waals surface area contributed by atoms with Gasteiger partial charge in [0.1, 0.15) is 0 Å². The van der Waals surface area contributed by atoms with Gasteiger partial charge in [-0.05, 0) is 84.9 Å². The van der Waals surface area contributed by atoms with E-state index in [1.807, 2.05) is 36.7 Å². The molecule has 0 saturated carbocycles. The molecule has 0 spiro atoms. The van der Waals surface area contributed by atoms with Gasteiger partial charge in [0.15, 0.2) is 5.82 Å². The number of rotatable bonds is 6. The predicted octanol–water partition coefficient (Wildman–Crippen LogP) is 13.2. The molecule has 266 valence electrons. The van der Waals surface area contributed by atoms with Crippen molar-refractivity contribution in [1.82, 2.24) is 15.0 Å². The fourth-order valence-electron chi connectivity index (χ4n) is 9.08. The summed E-state index contributed by atoms with van der Waals surface area (Å²) in [5, 5.41) is 4.54. The van der Waals surface area contributed by atoms with Gasteiger partial charge in [0, 0.05) is 34.5 Å². The van der Waals surface area contributed by atoms with Gasteiger partial charge in [-0.1, -0.05) is 176 Å². The van der Waals surface area contributed by atoms with Gasteiger partial charge in [0.2, 0.25) is 0 Å². The van der Waals surface area contributed by atoms with Crippen LogP contribution in [-0.4, -0.2) is 15.0 Å². The van der Waals surface area contributed by atoms with Gasteiger partial charge >= 0.3 is 0 Å². The minimum Gasteiger partial charge on any atom is -0.264 e. The van der Waals surface area contributed by atoms with E-state index in [2.05, 4.69) is 181 Å². The van der Waals surface area contributed by atoms with E-state index >= 15 is 0 Å². The molecule has 8 aromatic carbocycles. The van der Waals surface area contributed by atoms with E-state index in [1.165, 1.54) is 49.9 Å². The molecule has 0 saturated heterocycles. The fraction of sp³-hybridized carbons (Fsp3) is 0.0185. The topological polar surface area (TPSA) is 38.7 Å². The predicted molar refractivity (Wildman–Crippen MR) is 234 cm³/mol. The zero-order chi connectivity index (χ0) is 37.8. The zero-order valence-corrected chi connectivity index (χ0v) is 31.0. The Kier molecular flexibility index (Phi) is 7.71. The van der Waals surface area contributed by atoms with E-state index in [0.717, 1.165) is 44.2 Å². The number of aromatic nitrogens is 3. The molecule has 11 rings (SSSR count). The number of hydrogen-bond acceptors (Lipinski definition) is 3. The van der Waals surface area contributed by atoms with Crippen LogP contribution in [0.4, 0.5) is 0 Å². The van der Waals surface area contributed by atoms with Crippen LogP contribution in [0.25, 0.3) is 77.7 Å². The van der Waals surface area contributed by atoms with Crippen molar-refractivity contribution in [2.24, 2.45) is 0 Å². The van der Waals surface area contributed by atoms with Crippen LogP contribution in [0.2, 0.25) is 0 Å². The Morgan fingerprint density at radius 1 is 0.351 bits per heavy atom. The second kappa shape index (κ2) is 13.4. The molecule has 0 bridgehead atoms. The number of nitrogens with zero attached hydrogens (tertiary/aromatic N) is 3.